The second kappa shape index (κ2) is 10.5. The fourth-order valence-electron chi connectivity index (χ4n) is 4.10. The van der Waals surface area contributed by atoms with Gasteiger partial charge in [0.1, 0.15) is 5.58 Å². The maximum absolute atomic E-state index is 6.16. The summed E-state index contributed by atoms with van der Waals surface area (Å²) in [5, 5.41) is 3.29. The minimum Gasteiger partial charge on any atom is -0.501 e. The monoisotopic (exact) mass is 662 g/mol. The Morgan fingerprint density at radius 2 is 1.56 bits per heavy atom. The van der Waals surface area contributed by atoms with Crippen LogP contribution in [0.25, 0.3) is 54.7 Å². The van der Waals surface area contributed by atoms with Crippen molar-refractivity contribution in [3.63, 3.8) is 0 Å². The molecule has 0 saturated heterocycles. The molecule has 6 heteroatoms. The number of aryl methyl sites for hydroxylation is 1. The Hall–Kier alpha value is -3.70. The second-order valence-electron chi connectivity index (χ2n) is 7.92. The molecule has 4 nitrogen and oxygen atoms in total. The maximum atomic E-state index is 6.16. The van der Waals surface area contributed by atoms with Crippen LogP contribution in [0.15, 0.2) is 102 Å². The van der Waals surface area contributed by atoms with Gasteiger partial charge in [-0.2, -0.15) is 0 Å². The Morgan fingerprint density at radius 1 is 0.778 bits per heavy atom. The quantitative estimate of drug-likeness (QED) is 0.177. The van der Waals surface area contributed by atoms with Crippen LogP contribution in [0.5, 0.6) is 0 Å². The van der Waals surface area contributed by atoms with Gasteiger partial charge in [0.25, 0.3) is 0 Å². The van der Waals surface area contributed by atoms with Crippen molar-refractivity contribution in [2.75, 3.05) is 0 Å². The molecule has 0 amide bonds. The van der Waals surface area contributed by atoms with Crippen LogP contribution in [-0.4, -0.2) is 15.0 Å². The average Bonchev–Trinajstić information content (AvgIpc) is 3.50. The van der Waals surface area contributed by atoms with Gasteiger partial charge in [0, 0.05) is 37.9 Å². The van der Waals surface area contributed by atoms with Crippen molar-refractivity contribution >= 4 is 43.5 Å². The molecule has 7 aromatic rings. The third-order valence-electron chi connectivity index (χ3n) is 5.63. The first-order chi connectivity index (χ1) is 17.3. The predicted octanol–water partition coefficient (Wildman–Crippen LogP) is 7.91. The van der Waals surface area contributed by atoms with Gasteiger partial charge >= 0.3 is 0 Å². The number of nitrogens with zero attached hydrogens (tertiary/aromatic N) is 3. The third kappa shape index (κ3) is 4.59. The van der Waals surface area contributed by atoms with Crippen molar-refractivity contribution in [3.05, 3.63) is 114 Å². The summed E-state index contributed by atoms with van der Waals surface area (Å²) in [4.78, 5) is 13.2. The zero-order chi connectivity index (χ0) is 23.6. The van der Waals surface area contributed by atoms with E-state index in [9.17, 15) is 0 Å². The van der Waals surface area contributed by atoms with Crippen LogP contribution in [0.2, 0.25) is 0 Å². The van der Waals surface area contributed by atoms with Crippen LogP contribution in [0.4, 0.5) is 0 Å². The van der Waals surface area contributed by atoms with E-state index < -0.39 is 0 Å². The molecule has 0 saturated carbocycles. The van der Waals surface area contributed by atoms with E-state index in [-0.39, 0.29) is 20.1 Å². The largest absolute Gasteiger partial charge is 0.501 e. The summed E-state index contributed by atoms with van der Waals surface area (Å²) in [6.07, 6.45) is 3.57. The number of hydrogen-bond donors (Lipinski definition) is 0. The van der Waals surface area contributed by atoms with Gasteiger partial charge in [0.15, 0.2) is 0 Å². The summed E-state index contributed by atoms with van der Waals surface area (Å²) < 4.78 is 7.34. The van der Waals surface area contributed by atoms with E-state index in [1.165, 1.54) is 4.70 Å². The van der Waals surface area contributed by atoms with Gasteiger partial charge in [-0.15, -0.1) is 65.4 Å². The van der Waals surface area contributed by atoms with Gasteiger partial charge in [-0.1, -0.05) is 35.2 Å². The number of benzene rings is 3. The number of furan rings is 1. The van der Waals surface area contributed by atoms with Crippen molar-refractivity contribution in [1.29, 1.82) is 0 Å². The summed E-state index contributed by atoms with van der Waals surface area (Å²) in [5.41, 5.74) is 6.52. The molecule has 0 N–H and O–H groups in total. The van der Waals surface area contributed by atoms with Gasteiger partial charge < -0.3 is 14.4 Å². The smallest absolute Gasteiger partial charge is 0.122 e. The van der Waals surface area contributed by atoms with E-state index in [2.05, 4.69) is 33.2 Å². The molecular weight excluding hydrogens is 643 g/mol. The van der Waals surface area contributed by atoms with E-state index >= 15 is 0 Å². The molecule has 0 bridgehead atoms. The third-order valence-corrected chi connectivity index (χ3v) is 6.63. The summed E-state index contributed by atoms with van der Waals surface area (Å²) in [6.45, 7) is 2.03. The molecule has 36 heavy (non-hydrogen) atoms. The van der Waals surface area contributed by atoms with Gasteiger partial charge in [0.2, 0.25) is 0 Å². The van der Waals surface area contributed by atoms with Crippen LogP contribution in [0.3, 0.4) is 0 Å². The van der Waals surface area contributed by atoms with Crippen LogP contribution in [-0.2, 0) is 20.1 Å². The molecule has 4 aromatic heterocycles. The maximum Gasteiger partial charge on any atom is 0.122 e. The first kappa shape index (κ1) is 24.0. The number of pyridine rings is 2. The summed E-state index contributed by atoms with van der Waals surface area (Å²) >= 11 is 1.71. The predicted molar refractivity (Wildman–Crippen MR) is 142 cm³/mol. The fraction of sp³-hybridized carbons (Fsp3) is 0.0333. The van der Waals surface area contributed by atoms with E-state index in [0.29, 0.717) is 0 Å². The molecule has 7 rings (SSSR count). The van der Waals surface area contributed by atoms with E-state index in [0.717, 1.165) is 55.0 Å². The van der Waals surface area contributed by atoms with E-state index in [1.54, 1.807) is 23.7 Å². The van der Waals surface area contributed by atoms with Crippen molar-refractivity contribution in [2.24, 2.45) is 0 Å². The number of hydrogen-bond acceptors (Lipinski definition) is 5. The second-order valence-corrected chi connectivity index (χ2v) is 9.13. The molecule has 0 aliphatic carbocycles. The topological polar surface area (TPSA) is 51.8 Å². The van der Waals surface area contributed by atoms with E-state index in [4.69, 9.17) is 4.42 Å². The molecule has 0 atom stereocenters. The van der Waals surface area contributed by atoms with E-state index in [1.807, 2.05) is 85.8 Å². The molecule has 177 valence electrons. The van der Waals surface area contributed by atoms with Gasteiger partial charge in [-0.3, -0.25) is 0 Å². The van der Waals surface area contributed by atoms with Gasteiger partial charge in [-0.05, 0) is 42.6 Å². The van der Waals surface area contributed by atoms with Crippen molar-refractivity contribution in [2.45, 2.75) is 6.92 Å². The number of fused-ring (bicyclic) bond motifs is 5. The Labute approximate surface area is 226 Å². The zero-order valence-electron chi connectivity index (χ0n) is 19.2. The zero-order valence-corrected chi connectivity index (χ0v) is 22.4. The number of rotatable bonds is 2. The van der Waals surface area contributed by atoms with Crippen LogP contribution in [0, 0.1) is 19.1 Å². The van der Waals surface area contributed by atoms with Crippen LogP contribution in [0.1, 0.15) is 5.01 Å². The minimum atomic E-state index is 0. The van der Waals surface area contributed by atoms with Gasteiger partial charge in [-0.25, -0.2) is 4.98 Å². The number of thiazole rings is 1. The molecule has 4 heterocycles. The van der Waals surface area contributed by atoms with Crippen molar-refractivity contribution < 1.29 is 24.5 Å². The molecule has 0 spiro atoms. The van der Waals surface area contributed by atoms with Crippen molar-refractivity contribution in [3.8, 4) is 22.5 Å². The normalized spacial score (nSPS) is 10.7. The standard InChI is InChI=1S/C19H11N2OS.C11H8N.Ir/c1-11-21-15-8-9-16-17(19(15)23-11)13-6-4-5-12(18(13)22-16)14-7-2-3-10-20-14;1-2-6-10(7-3-1)11-8-4-5-9-12-11;/h2-4,6-10H,1H3;1-6,8-9H;/q2*-1;. The molecule has 1 radical (unpaired) electrons. The van der Waals surface area contributed by atoms with Gasteiger partial charge in [0.05, 0.1) is 20.8 Å². The summed E-state index contributed by atoms with van der Waals surface area (Å²) in [5.74, 6) is 0. The molecule has 0 aliphatic heterocycles. The summed E-state index contributed by atoms with van der Waals surface area (Å²) in [7, 11) is 0. The molecule has 0 unspecified atom stereocenters. The van der Waals surface area contributed by atoms with Crippen molar-refractivity contribution in [1.82, 2.24) is 15.0 Å². The Bertz CT molecular complexity index is 1710. The Morgan fingerprint density at radius 3 is 2.28 bits per heavy atom. The first-order valence-electron chi connectivity index (χ1n) is 11.2. The fourth-order valence-corrected chi connectivity index (χ4v) is 5.07. The molecular formula is C30H19IrN3OS-2. The molecule has 0 fully saturated rings. The molecule has 3 aromatic carbocycles. The SMILES string of the molecule is Cc1nc2ccc3oc4c(-c5ccccn5)[c-]ccc4c3c2s1.[Ir].[c-]1ccccc1-c1ccccn1. The average molecular weight is 662 g/mol. The van der Waals surface area contributed by atoms with Crippen LogP contribution >= 0.6 is 11.3 Å². The molecule has 0 aliphatic rings. The van der Waals surface area contributed by atoms with Crippen LogP contribution < -0.4 is 0 Å². The Kier molecular flexibility index (Phi) is 7.01. The number of aromatic nitrogens is 3. The Balaban J connectivity index is 0.000000175. The minimum absolute atomic E-state index is 0. The summed E-state index contributed by atoms with van der Waals surface area (Å²) in [6, 6.07) is 34.0. The first-order valence-corrected chi connectivity index (χ1v) is 12.0.